The molecule has 0 bridgehead atoms. The average molecular weight is 407 g/mol. The van der Waals surface area contributed by atoms with Gasteiger partial charge in [-0.3, -0.25) is 4.79 Å². The van der Waals surface area contributed by atoms with E-state index in [4.69, 9.17) is 5.14 Å². The minimum Gasteiger partial charge on any atom is -0.343 e. The quantitative estimate of drug-likeness (QED) is 0.741. The fourth-order valence-electron chi connectivity index (χ4n) is 3.59. The van der Waals surface area contributed by atoms with E-state index < -0.39 is 10.0 Å². The largest absolute Gasteiger partial charge is 0.343 e. The summed E-state index contributed by atoms with van der Waals surface area (Å²) in [5, 5.41) is 16.8. The van der Waals surface area contributed by atoms with Gasteiger partial charge in [0.25, 0.3) is 0 Å². The number of nitrogens with two attached hydrogens (primary N) is 1. The molecule has 3 rings (SSSR count). The molecule has 0 spiro atoms. The lowest BCUT2D eigenvalue weighted by molar-refractivity contribution is -0.132. The van der Waals surface area contributed by atoms with E-state index in [1.165, 1.54) is 31.4 Å². The molecule has 1 amide bonds. The predicted molar refractivity (Wildman–Crippen MR) is 103 cm³/mol. The Balaban J connectivity index is 1.58. The molecule has 1 fully saturated rings. The first-order valence-electron chi connectivity index (χ1n) is 9.52. The third-order valence-corrected chi connectivity index (χ3v) is 6.18. The molecule has 1 aromatic heterocycles. The van der Waals surface area contributed by atoms with Crippen molar-refractivity contribution in [3.05, 3.63) is 30.1 Å². The molecule has 9 nitrogen and oxygen atoms in total. The Hall–Kier alpha value is -2.33. The zero-order valence-electron chi connectivity index (χ0n) is 16.0. The number of hydrogen-bond donors (Lipinski definition) is 1. The Morgan fingerprint density at radius 1 is 1.21 bits per heavy atom. The summed E-state index contributed by atoms with van der Waals surface area (Å²) in [5.74, 6) is 0.778. The number of aryl methyl sites for hydroxylation is 1. The molecule has 1 aromatic carbocycles. The molecule has 152 valence electrons. The number of benzene rings is 1. The Kier molecular flexibility index (Phi) is 6.40. The lowest BCUT2D eigenvalue weighted by Gasteiger charge is -2.31. The van der Waals surface area contributed by atoms with Crippen molar-refractivity contribution in [2.24, 2.45) is 5.14 Å². The van der Waals surface area contributed by atoms with Crippen LogP contribution in [0.15, 0.2) is 29.2 Å². The summed E-state index contributed by atoms with van der Waals surface area (Å²) in [5.41, 5.74) is 0.637. The molecular weight excluding hydrogens is 380 g/mol. The van der Waals surface area contributed by atoms with Crippen molar-refractivity contribution >= 4 is 15.9 Å². The maximum atomic E-state index is 12.5. The standard InChI is InChI=1S/C18H26N6O3S/c1-23(14-6-3-2-4-7-14)18(25)9-5-8-17-20-21-22-24(17)15-10-12-16(13-11-15)28(19,26)27/h10-14H,2-9H2,1H3,(H2,19,26,27). The summed E-state index contributed by atoms with van der Waals surface area (Å²) in [4.78, 5) is 14.4. The number of nitrogens with zero attached hydrogens (tertiary/aromatic N) is 5. The first kappa shape index (κ1) is 20.4. The maximum absolute atomic E-state index is 12.5. The Morgan fingerprint density at radius 2 is 1.89 bits per heavy atom. The van der Waals surface area contributed by atoms with E-state index in [1.807, 2.05) is 11.9 Å². The minimum absolute atomic E-state index is 0.0298. The van der Waals surface area contributed by atoms with Crippen LogP contribution in [0.1, 0.15) is 50.8 Å². The molecule has 2 N–H and O–H groups in total. The van der Waals surface area contributed by atoms with Gasteiger partial charge in [-0.25, -0.2) is 13.6 Å². The fourth-order valence-corrected chi connectivity index (χ4v) is 4.10. The topological polar surface area (TPSA) is 124 Å². The van der Waals surface area contributed by atoms with E-state index in [-0.39, 0.29) is 10.8 Å². The molecule has 10 heteroatoms. The lowest BCUT2D eigenvalue weighted by Crippen LogP contribution is -2.38. The van der Waals surface area contributed by atoms with E-state index in [0.717, 1.165) is 12.8 Å². The van der Waals surface area contributed by atoms with Crippen LogP contribution in [-0.4, -0.2) is 52.5 Å². The van der Waals surface area contributed by atoms with Gasteiger partial charge in [0.2, 0.25) is 15.9 Å². The van der Waals surface area contributed by atoms with Crippen LogP contribution in [0, 0.1) is 0 Å². The van der Waals surface area contributed by atoms with Crippen LogP contribution in [0.2, 0.25) is 0 Å². The number of amides is 1. The first-order valence-corrected chi connectivity index (χ1v) is 11.1. The third kappa shape index (κ3) is 4.93. The summed E-state index contributed by atoms with van der Waals surface area (Å²) in [6.07, 6.45) is 7.48. The number of aromatic nitrogens is 4. The SMILES string of the molecule is CN(C(=O)CCCc1nnnn1-c1ccc(S(N)(=O)=O)cc1)C1CCCCC1. The highest BCUT2D eigenvalue weighted by Gasteiger charge is 2.21. The Labute approximate surface area is 165 Å². The molecule has 0 aliphatic heterocycles. The highest BCUT2D eigenvalue weighted by Crippen LogP contribution is 2.22. The Bertz CT molecular complexity index is 904. The van der Waals surface area contributed by atoms with Crippen molar-refractivity contribution in [3.63, 3.8) is 0 Å². The van der Waals surface area contributed by atoms with Crippen molar-refractivity contribution in [2.45, 2.75) is 62.3 Å². The van der Waals surface area contributed by atoms with E-state index in [2.05, 4.69) is 15.5 Å². The molecule has 2 aromatic rings. The van der Waals surface area contributed by atoms with Gasteiger partial charge >= 0.3 is 0 Å². The first-order chi connectivity index (χ1) is 13.4. The van der Waals surface area contributed by atoms with Crippen molar-refractivity contribution in [1.82, 2.24) is 25.1 Å². The van der Waals surface area contributed by atoms with Crippen LogP contribution in [-0.2, 0) is 21.2 Å². The molecule has 1 heterocycles. The lowest BCUT2D eigenvalue weighted by atomic mass is 9.94. The summed E-state index contributed by atoms with van der Waals surface area (Å²) in [7, 11) is -1.84. The van der Waals surface area contributed by atoms with E-state index >= 15 is 0 Å². The number of tetrazole rings is 1. The summed E-state index contributed by atoms with van der Waals surface area (Å²) in [6.45, 7) is 0. The van der Waals surface area contributed by atoms with Crippen molar-refractivity contribution in [3.8, 4) is 5.69 Å². The second kappa shape index (κ2) is 8.78. The zero-order valence-corrected chi connectivity index (χ0v) is 16.8. The molecule has 1 aliphatic carbocycles. The summed E-state index contributed by atoms with van der Waals surface area (Å²) in [6, 6.07) is 6.39. The number of carbonyl (C=O) groups is 1. The van der Waals surface area contributed by atoms with Gasteiger partial charge in [-0.05, 0) is 54.0 Å². The summed E-state index contributed by atoms with van der Waals surface area (Å²) < 4.78 is 24.3. The fraction of sp³-hybridized carbons (Fsp3) is 0.556. The molecule has 28 heavy (non-hydrogen) atoms. The van der Waals surface area contributed by atoms with Crippen molar-refractivity contribution < 1.29 is 13.2 Å². The van der Waals surface area contributed by atoms with Crippen molar-refractivity contribution in [1.29, 1.82) is 0 Å². The molecule has 1 aliphatic rings. The van der Waals surface area contributed by atoms with Crippen LogP contribution in [0.3, 0.4) is 0 Å². The van der Waals surface area contributed by atoms with Gasteiger partial charge in [0.1, 0.15) is 0 Å². The van der Waals surface area contributed by atoms with Gasteiger partial charge in [-0.1, -0.05) is 19.3 Å². The average Bonchev–Trinajstić information content (AvgIpc) is 3.16. The highest BCUT2D eigenvalue weighted by molar-refractivity contribution is 7.89. The zero-order chi connectivity index (χ0) is 20.1. The number of primary sulfonamides is 1. The van der Waals surface area contributed by atoms with Crippen LogP contribution < -0.4 is 5.14 Å². The van der Waals surface area contributed by atoms with E-state index in [9.17, 15) is 13.2 Å². The van der Waals surface area contributed by atoms with Crippen LogP contribution in [0.5, 0.6) is 0 Å². The molecule has 0 unspecified atom stereocenters. The number of sulfonamides is 1. The predicted octanol–water partition coefficient (Wildman–Crippen LogP) is 1.42. The normalized spacial score (nSPS) is 15.5. The Morgan fingerprint density at radius 3 is 2.54 bits per heavy atom. The maximum Gasteiger partial charge on any atom is 0.238 e. The molecular formula is C18H26N6O3S. The minimum atomic E-state index is -3.74. The van der Waals surface area contributed by atoms with Crippen LogP contribution in [0.4, 0.5) is 0 Å². The highest BCUT2D eigenvalue weighted by atomic mass is 32.2. The van der Waals surface area contributed by atoms with Gasteiger partial charge in [0, 0.05) is 25.9 Å². The second-order valence-corrected chi connectivity index (χ2v) is 8.76. The molecule has 0 radical (unpaired) electrons. The number of rotatable bonds is 7. The van der Waals surface area contributed by atoms with Crippen molar-refractivity contribution in [2.75, 3.05) is 7.05 Å². The van der Waals surface area contributed by atoms with Gasteiger partial charge in [0.05, 0.1) is 10.6 Å². The number of hydrogen-bond acceptors (Lipinski definition) is 6. The third-order valence-electron chi connectivity index (χ3n) is 5.25. The van der Waals surface area contributed by atoms with Gasteiger partial charge in [-0.2, -0.15) is 4.68 Å². The van der Waals surface area contributed by atoms with Gasteiger partial charge in [0.15, 0.2) is 5.82 Å². The summed E-state index contributed by atoms with van der Waals surface area (Å²) >= 11 is 0. The second-order valence-electron chi connectivity index (χ2n) is 7.20. The van der Waals surface area contributed by atoms with Crippen LogP contribution in [0.25, 0.3) is 5.69 Å². The van der Waals surface area contributed by atoms with E-state index in [1.54, 1.807) is 16.8 Å². The molecule has 0 atom stereocenters. The van der Waals surface area contributed by atoms with E-state index in [0.29, 0.717) is 36.8 Å². The monoisotopic (exact) mass is 406 g/mol. The number of carbonyl (C=O) groups excluding carboxylic acids is 1. The molecule has 1 saturated carbocycles. The van der Waals surface area contributed by atoms with Crippen LogP contribution >= 0.6 is 0 Å². The smallest absolute Gasteiger partial charge is 0.238 e. The molecule has 0 saturated heterocycles. The van der Waals surface area contributed by atoms with Gasteiger partial charge < -0.3 is 4.90 Å². The van der Waals surface area contributed by atoms with Gasteiger partial charge in [-0.15, -0.1) is 5.10 Å².